The van der Waals surface area contributed by atoms with Crippen LogP contribution in [0.1, 0.15) is 24.8 Å². The molecule has 0 aliphatic carbocycles. The fourth-order valence-corrected chi connectivity index (χ4v) is 1.49. The van der Waals surface area contributed by atoms with Gasteiger partial charge >= 0.3 is 5.97 Å². The van der Waals surface area contributed by atoms with E-state index in [0.717, 1.165) is 5.56 Å². The second-order valence-electron chi connectivity index (χ2n) is 3.22. The summed E-state index contributed by atoms with van der Waals surface area (Å²) in [5.41, 5.74) is 0.755. The van der Waals surface area contributed by atoms with Gasteiger partial charge in [0.1, 0.15) is 0 Å². The molecule has 1 atom stereocenters. The van der Waals surface area contributed by atoms with Crippen LogP contribution in [0.15, 0.2) is 30.3 Å². The highest BCUT2D eigenvalue weighted by molar-refractivity contribution is 6.36. The maximum absolute atomic E-state index is 11.6. The Morgan fingerprint density at radius 2 is 2.00 bits per heavy atom. The lowest BCUT2D eigenvalue weighted by Gasteiger charge is -2.11. The number of hydrogen-bond acceptors (Lipinski definition) is 4. The molecule has 0 amide bonds. The first-order chi connectivity index (χ1) is 7.70. The third kappa shape index (κ3) is 2.67. The van der Waals surface area contributed by atoms with Crippen LogP contribution in [0.2, 0.25) is 0 Å². The smallest absolute Gasteiger partial charge is 0.345 e. The van der Waals surface area contributed by atoms with E-state index in [0.29, 0.717) is 6.42 Å². The van der Waals surface area contributed by atoms with E-state index in [1.54, 1.807) is 31.2 Å². The molecule has 0 radical (unpaired) electrons. The molecule has 0 saturated carbocycles. The Bertz CT molecular complexity index is 420. The van der Waals surface area contributed by atoms with Gasteiger partial charge in [0, 0.05) is 0 Å². The number of ether oxygens (including phenoxy) is 1. The highest BCUT2D eigenvalue weighted by atomic mass is 16.5. The Kier molecular flexibility index (Phi) is 4.22. The quantitative estimate of drug-likeness (QED) is 0.438. The Hall–Kier alpha value is -2.15. The Labute approximate surface area is 93.5 Å². The van der Waals surface area contributed by atoms with Crippen molar-refractivity contribution >= 4 is 11.8 Å². The standard InChI is InChI=1S/C12H11NO3/c1-2-10(9-6-4-3-5-7-9)11(14)12(15)16-8-13/h3-7,10H,2H2,1H3. The van der Waals surface area contributed by atoms with Gasteiger partial charge in [0.2, 0.25) is 5.78 Å². The molecule has 4 nitrogen and oxygen atoms in total. The molecule has 0 fully saturated rings. The number of ketones is 1. The molecule has 0 heterocycles. The number of nitrogens with zero attached hydrogens (tertiary/aromatic N) is 1. The summed E-state index contributed by atoms with van der Waals surface area (Å²) in [5.74, 6) is -2.32. The summed E-state index contributed by atoms with van der Waals surface area (Å²) < 4.78 is 4.03. The second-order valence-corrected chi connectivity index (χ2v) is 3.22. The van der Waals surface area contributed by atoms with Gasteiger partial charge in [-0.2, -0.15) is 0 Å². The lowest BCUT2D eigenvalue weighted by atomic mass is 9.92. The summed E-state index contributed by atoms with van der Waals surface area (Å²) in [6.07, 6.45) is 1.70. The van der Waals surface area contributed by atoms with Crippen molar-refractivity contribution in [3.05, 3.63) is 35.9 Å². The predicted octanol–water partition coefficient (Wildman–Crippen LogP) is 1.77. The predicted molar refractivity (Wildman–Crippen MR) is 56.2 cm³/mol. The zero-order chi connectivity index (χ0) is 12.0. The van der Waals surface area contributed by atoms with Gasteiger partial charge in [0.25, 0.3) is 6.26 Å². The van der Waals surface area contributed by atoms with E-state index in [-0.39, 0.29) is 0 Å². The normalized spacial score (nSPS) is 11.2. The molecule has 0 aliphatic heterocycles. The summed E-state index contributed by atoms with van der Waals surface area (Å²) >= 11 is 0. The van der Waals surface area contributed by atoms with E-state index in [9.17, 15) is 9.59 Å². The summed E-state index contributed by atoms with van der Waals surface area (Å²) in [6, 6.07) is 8.95. The first-order valence-corrected chi connectivity index (χ1v) is 4.89. The van der Waals surface area contributed by atoms with Gasteiger partial charge in [0.15, 0.2) is 0 Å². The van der Waals surface area contributed by atoms with Crippen LogP contribution in [0.4, 0.5) is 0 Å². The molecule has 0 aliphatic rings. The average Bonchev–Trinajstić information content (AvgIpc) is 2.31. The van der Waals surface area contributed by atoms with Crippen molar-refractivity contribution < 1.29 is 14.3 Å². The molecular formula is C12H11NO3. The zero-order valence-electron chi connectivity index (χ0n) is 8.84. The molecule has 16 heavy (non-hydrogen) atoms. The van der Waals surface area contributed by atoms with Crippen molar-refractivity contribution in [2.75, 3.05) is 0 Å². The number of carbonyl (C=O) groups excluding carboxylic acids is 2. The lowest BCUT2D eigenvalue weighted by Crippen LogP contribution is -2.22. The van der Waals surface area contributed by atoms with Crippen molar-refractivity contribution in [3.63, 3.8) is 0 Å². The molecule has 82 valence electrons. The molecule has 1 unspecified atom stereocenters. The Morgan fingerprint density at radius 1 is 1.38 bits per heavy atom. The van der Waals surface area contributed by atoms with Crippen LogP contribution >= 0.6 is 0 Å². The van der Waals surface area contributed by atoms with Crippen molar-refractivity contribution in [2.45, 2.75) is 19.3 Å². The molecule has 1 aromatic rings. The van der Waals surface area contributed by atoms with E-state index in [1.165, 1.54) is 6.26 Å². The van der Waals surface area contributed by atoms with Gasteiger partial charge in [-0.25, -0.2) is 4.79 Å². The number of hydrogen-bond donors (Lipinski definition) is 0. The van der Waals surface area contributed by atoms with Crippen LogP contribution in [-0.4, -0.2) is 11.8 Å². The van der Waals surface area contributed by atoms with E-state index in [1.807, 2.05) is 6.07 Å². The Balaban J connectivity index is 2.88. The van der Waals surface area contributed by atoms with Crippen LogP contribution in [0.3, 0.4) is 0 Å². The second kappa shape index (κ2) is 5.66. The number of Topliss-reactive ketones (excluding diaryl/α,β-unsaturated/α-hetero) is 1. The summed E-state index contributed by atoms with van der Waals surface area (Å²) in [7, 11) is 0. The largest absolute Gasteiger partial charge is 0.390 e. The van der Waals surface area contributed by atoms with E-state index < -0.39 is 17.7 Å². The number of carbonyl (C=O) groups is 2. The number of esters is 1. The minimum atomic E-state index is -1.10. The average molecular weight is 217 g/mol. The van der Waals surface area contributed by atoms with Crippen LogP contribution in [0.25, 0.3) is 0 Å². The summed E-state index contributed by atoms with van der Waals surface area (Å²) in [6.45, 7) is 1.80. The van der Waals surface area contributed by atoms with Gasteiger partial charge in [-0.05, 0) is 12.0 Å². The monoisotopic (exact) mass is 217 g/mol. The molecule has 1 aromatic carbocycles. The molecule has 4 heteroatoms. The maximum atomic E-state index is 11.6. The van der Waals surface area contributed by atoms with Gasteiger partial charge in [0.05, 0.1) is 5.92 Å². The zero-order valence-corrected chi connectivity index (χ0v) is 8.84. The number of benzene rings is 1. The molecular weight excluding hydrogens is 206 g/mol. The van der Waals surface area contributed by atoms with E-state index >= 15 is 0 Å². The molecule has 0 N–H and O–H groups in total. The van der Waals surface area contributed by atoms with Crippen molar-refractivity contribution in [2.24, 2.45) is 0 Å². The SMILES string of the molecule is CCC(C(=O)C(=O)OC#N)c1ccccc1. The third-order valence-corrected chi connectivity index (χ3v) is 2.27. The van der Waals surface area contributed by atoms with Crippen molar-refractivity contribution in [3.8, 4) is 6.26 Å². The summed E-state index contributed by atoms with van der Waals surface area (Å²) in [4.78, 5) is 22.8. The lowest BCUT2D eigenvalue weighted by molar-refractivity contribution is -0.149. The van der Waals surface area contributed by atoms with Gasteiger partial charge in [-0.3, -0.25) is 4.79 Å². The molecule has 1 rings (SSSR count). The first-order valence-electron chi connectivity index (χ1n) is 4.89. The molecule has 0 aromatic heterocycles. The number of rotatable bonds is 4. The highest BCUT2D eigenvalue weighted by Crippen LogP contribution is 2.20. The maximum Gasteiger partial charge on any atom is 0.390 e. The third-order valence-electron chi connectivity index (χ3n) is 2.27. The van der Waals surface area contributed by atoms with Gasteiger partial charge < -0.3 is 4.74 Å². The highest BCUT2D eigenvalue weighted by Gasteiger charge is 2.26. The van der Waals surface area contributed by atoms with E-state index in [4.69, 9.17) is 5.26 Å². The minimum absolute atomic E-state index is 0.489. The minimum Gasteiger partial charge on any atom is -0.345 e. The van der Waals surface area contributed by atoms with Crippen LogP contribution in [0.5, 0.6) is 0 Å². The number of nitriles is 1. The van der Waals surface area contributed by atoms with Crippen LogP contribution in [-0.2, 0) is 14.3 Å². The molecule has 0 bridgehead atoms. The van der Waals surface area contributed by atoms with Crippen molar-refractivity contribution in [1.29, 1.82) is 5.26 Å². The fraction of sp³-hybridized carbons (Fsp3) is 0.250. The topological polar surface area (TPSA) is 67.2 Å². The van der Waals surface area contributed by atoms with Crippen LogP contribution < -0.4 is 0 Å². The van der Waals surface area contributed by atoms with Crippen LogP contribution in [0, 0.1) is 11.5 Å². The summed E-state index contributed by atoms with van der Waals surface area (Å²) in [5, 5.41) is 8.17. The molecule has 0 spiro atoms. The van der Waals surface area contributed by atoms with Gasteiger partial charge in [-0.1, -0.05) is 37.3 Å². The fourth-order valence-electron chi connectivity index (χ4n) is 1.49. The van der Waals surface area contributed by atoms with E-state index in [2.05, 4.69) is 4.74 Å². The molecule has 0 saturated heterocycles. The Morgan fingerprint density at radius 3 is 2.50 bits per heavy atom. The first kappa shape index (κ1) is 11.9. The van der Waals surface area contributed by atoms with Crippen molar-refractivity contribution in [1.82, 2.24) is 0 Å². The van der Waals surface area contributed by atoms with Gasteiger partial charge in [-0.15, -0.1) is 5.26 Å².